The van der Waals surface area contributed by atoms with Gasteiger partial charge in [0.15, 0.2) is 0 Å². The second-order valence-corrected chi connectivity index (χ2v) is 6.05. The standard InChI is InChI=1S/C8H11N3O5S2/c9-8(14)10-1-2-11-18(15,16)6-3-5(4-17-6)7(12)13/h3-4,11H,1-2H2,(H,12,13)(H3,9,10,14). The average molecular weight is 293 g/mol. The van der Waals surface area contributed by atoms with Crippen LogP contribution in [0.2, 0.25) is 0 Å². The van der Waals surface area contributed by atoms with Crippen molar-refractivity contribution < 1.29 is 23.1 Å². The Morgan fingerprint density at radius 3 is 2.56 bits per heavy atom. The molecule has 0 atom stereocenters. The molecule has 0 saturated carbocycles. The lowest BCUT2D eigenvalue weighted by Gasteiger charge is -2.04. The first kappa shape index (κ1) is 14.4. The number of amides is 2. The van der Waals surface area contributed by atoms with E-state index in [1.54, 1.807) is 0 Å². The summed E-state index contributed by atoms with van der Waals surface area (Å²) >= 11 is 0.806. The van der Waals surface area contributed by atoms with E-state index >= 15 is 0 Å². The first-order valence-electron chi connectivity index (χ1n) is 4.68. The number of hydrogen-bond donors (Lipinski definition) is 4. The molecule has 1 aromatic rings. The molecule has 0 saturated heterocycles. The van der Waals surface area contributed by atoms with Crippen molar-refractivity contribution in [3.8, 4) is 0 Å². The Kier molecular flexibility index (Phi) is 4.64. The summed E-state index contributed by atoms with van der Waals surface area (Å²) in [5.41, 5.74) is 4.71. The van der Waals surface area contributed by atoms with E-state index in [1.807, 2.05) is 0 Å². The number of carbonyl (C=O) groups is 2. The van der Waals surface area contributed by atoms with Gasteiger partial charge in [-0.1, -0.05) is 0 Å². The third kappa shape index (κ3) is 3.98. The number of carboxylic acid groups (broad SMARTS) is 1. The highest BCUT2D eigenvalue weighted by molar-refractivity contribution is 7.91. The van der Waals surface area contributed by atoms with Gasteiger partial charge in [0.2, 0.25) is 10.0 Å². The minimum atomic E-state index is -3.76. The molecule has 18 heavy (non-hydrogen) atoms. The lowest BCUT2D eigenvalue weighted by molar-refractivity contribution is 0.0697. The van der Waals surface area contributed by atoms with Gasteiger partial charge in [0.05, 0.1) is 5.56 Å². The smallest absolute Gasteiger partial charge is 0.336 e. The zero-order valence-corrected chi connectivity index (χ0v) is 10.7. The van der Waals surface area contributed by atoms with E-state index < -0.39 is 22.0 Å². The van der Waals surface area contributed by atoms with Crippen LogP contribution >= 0.6 is 11.3 Å². The fourth-order valence-electron chi connectivity index (χ4n) is 1.01. The third-order valence-electron chi connectivity index (χ3n) is 1.80. The number of nitrogens with two attached hydrogens (primary N) is 1. The minimum Gasteiger partial charge on any atom is -0.478 e. The summed E-state index contributed by atoms with van der Waals surface area (Å²) in [5.74, 6) is -1.19. The van der Waals surface area contributed by atoms with Crippen molar-refractivity contribution in [1.82, 2.24) is 10.0 Å². The Balaban J connectivity index is 2.62. The van der Waals surface area contributed by atoms with Crippen LogP contribution in [0.3, 0.4) is 0 Å². The van der Waals surface area contributed by atoms with Crippen LogP contribution in [0.15, 0.2) is 15.7 Å². The summed E-state index contributed by atoms with van der Waals surface area (Å²) in [4.78, 5) is 20.9. The van der Waals surface area contributed by atoms with E-state index in [9.17, 15) is 18.0 Å². The van der Waals surface area contributed by atoms with Crippen molar-refractivity contribution in [1.29, 1.82) is 0 Å². The molecule has 1 heterocycles. The van der Waals surface area contributed by atoms with E-state index in [4.69, 9.17) is 10.8 Å². The third-order valence-corrected chi connectivity index (χ3v) is 4.70. The van der Waals surface area contributed by atoms with Crippen molar-refractivity contribution >= 4 is 33.4 Å². The van der Waals surface area contributed by atoms with E-state index in [0.29, 0.717) is 0 Å². The zero-order chi connectivity index (χ0) is 13.8. The summed E-state index contributed by atoms with van der Waals surface area (Å²) in [7, 11) is -3.76. The molecule has 0 aliphatic heterocycles. The summed E-state index contributed by atoms with van der Waals surface area (Å²) in [6.07, 6.45) is 0. The van der Waals surface area contributed by atoms with Gasteiger partial charge in [-0.3, -0.25) is 0 Å². The zero-order valence-electron chi connectivity index (χ0n) is 9.04. The van der Waals surface area contributed by atoms with Crippen molar-refractivity contribution in [2.75, 3.05) is 13.1 Å². The van der Waals surface area contributed by atoms with Gasteiger partial charge in [0, 0.05) is 18.5 Å². The molecule has 0 unspecified atom stereocenters. The van der Waals surface area contributed by atoms with Gasteiger partial charge in [-0.2, -0.15) is 0 Å². The maximum atomic E-state index is 11.7. The van der Waals surface area contributed by atoms with Gasteiger partial charge < -0.3 is 16.2 Å². The predicted molar refractivity (Wildman–Crippen MR) is 64.1 cm³/mol. The molecular weight excluding hydrogens is 282 g/mol. The van der Waals surface area contributed by atoms with Crippen LogP contribution in [0.1, 0.15) is 10.4 Å². The molecule has 0 aromatic carbocycles. The second kappa shape index (κ2) is 5.80. The number of carbonyl (C=O) groups excluding carboxylic acids is 1. The van der Waals surface area contributed by atoms with Gasteiger partial charge in [-0.05, 0) is 6.07 Å². The predicted octanol–water partition coefficient (Wildman–Crippen LogP) is -0.607. The van der Waals surface area contributed by atoms with Crippen molar-refractivity contribution in [3.05, 3.63) is 17.0 Å². The van der Waals surface area contributed by atoms with Crippen LogP contribution in [-0.2, 0) is 10.0 Å². The van der Waals surface area contributed by atoms with E-state index in [2.05, 4.69) is 10.0 Å². The summed E-state index contributed by atoms with van der Waals surface area (Å²) in [6, 6.07) is 0.315. The molecule has 1 rings (SSSR count). The lowest BCUT2D eigenvalue weighted by atomic mass is 10.4. The Morgan fingerprint density at radius 2 is 2.06 bits per heavy atom. The number of hydrogen-bond acceptors (Lipinski definition) is 5. The van der Waals surface area contributed by atoms with Crippen molar-refractivity contribution in [2.45, 2.75) is 4.21 Å². The number of thiophene rings is 1. The molecule has 8 nitrogen and oxygen atoms in total. The number of aromatic carboxylic acids is 1. The lowest BCUT2D eigenvalue weighted by Crippen LogP contribution is -2.37. The fraction of sp³-hybridized carbons (Fsp3) is 0.250. The molecule has 10 heteroatoms. The van der Waals surface area contributed by atoms with Crippen LogP contribution < -0.4 is 15.8 Å². The highest BCUT2D eigenvalue weighted by atomic mass is 32.2. The molecule has 0 aliphatic carbocycles. The van der Waals surface area contributed by atoms with E-state index in [1.165, 1.54) is 5.38 Å². The van der Waals surface area contributed by atoms with Gasteiger partial charge in [-0.25, -0.2) is 22.7 Å². The monoisotopic (exact) mass is 293 g/mol. The molecule has 0 bridgehead atoms. The molecule has 0 aliphatic rings. The molecule has 5 N–H and O–H groups in total. The molecule has 2 amide bonds. The quantitative estimate of drug-likeness (QED) is 0.518. The second-order valence-electron chi connectivity index (χ2n) is 3.15. The fourth-order valence-corrected chi connectivity index (χ4v) is 3.24. The van der Waals surface area contributed by atoms with Crippen LogP contribution in [0, 0.1) is 0 Å². The Bertz CT molecular complexity index is 551. The number of sulfonamides is 1. The number of nitrogens with one attached hydrogen (secondary N) is 2. The van der Waals surface area contributed by atoms with Gasteiger partial charge >= 0.3 is 12.0 Å². The number of primary amides is 1. The maximum absolute atomic E-state index is 11.7. The largest absolute Gasteiger partial charge is 0.478 e. The van der Waals surface area contributed by atoms with Crippen molar-refractivity contribution in [2.24, 2.45) is 5.73 Å². The molecule has 0 fully saturated rings. The highest BCUT2D eigenvalue weighted by Crippen LogP contribution is 2.19. The summed E-state index contributed by atoms with van der Waals surface area (Å²) in [5, 5.41) is 12.1. The topological polar surface area (TPSA) is 139 Å². The Hall–Kier alpha value is -1.65. The van der Waals surface area contributed by atoms with E-state index in [-0.39, 0.29) is 22.9 Å². The summed E-state index contributed by atoms with van der Waals surface area (Å²) in [6.45, 7) is 0.0112. The number of carboxylic acids is 1. The molecule has 100 valence electrons. The minimum absolute atomic E-state index is 0.0361. The average Bonchev–Trinajstić information content (AvgIpc) is 2.74. The van der Waals surface area contributed by atoms with E-state index in [0.717, 1.165) is 17.4 Å². The SMILES string of the molecule is NC(=O)NCCNS(=O)(=O)c1cc(C(=O)O)cs1. The molecular formula is C8H11N3O5S2. The highest BCUT2D eigenvalue weighted by Gasteiger charge is 2.18. The van der Waals surface area contributed by atoms with Gasteiger partial charge in [0.25, 0.3) is 0 Å². The van der Waals surface area contributed by atoms with Crippen LogP contribution in [0.4, 0.5) is 4.79 Å². The molecule has 0 radical (unpaired) electrons. The Labute approximate surface area is 107 Å². The van der Waals surface area contributed by atoms with Crippen LogP contribution in [0.25, 0.3) is 0 Å². The summed E-state index contributed by atoms with van der Waals surface area (Å²) < 4.78 is 25.5. The number of rotatable bonds is 6. The van der Waals surface area contributed by atoms with Crippen molar-refractivity contribution in [3.63, 3.8) is 0 Å². The van der Waals surface area contributed by atoms with Gasteiger partial charge in [0.1, 0.15) is 4.21 Å². The maximum Gasteiger partial charge on any atom is 0.336 e. The normalized spacial score (nSPS) is 11.1. The molecule has 1 aromatic heterocycles. The Morgan fingerprint density at radius 1 is 1.39 bits per heavy atom. The van der Waals surface area contributed by atoms with Crippen LogP contribution in [-0.4, -0.2) is 38.6 Å². The first-order valence-corrected chi connectivity index (χ1v) is 7.04. The number of urea groups is 1. The molecule has 0 spiro atoms. The van der Waals surface area contributed by atoms with Gasteiger partial charge in [-0.15, -0.1) is 11.3 Å². The van der Waals surface area contributed by atoms with Crippen LogP contribution in [0.5, 0.6) is 0 Å². The first-order chi connectivity index (χ1) is 8.33.